The summed E-state index contributed by atoms with van der Waals surface area (Å²) in [6, 6.07) is 2.59. The number of Topliss-reactive ketones (excluding diaryl/α,β-unsaturated/α-hetero) is 1. The summed E-state index contributed by atoms with van der Waals surface area (Å²) in [5.41, 5.74) is -1.61. The molecule has 5 rings (SSSR count). The highest BCUT2D eigenvalue weighted by molar-refractivity contribution is 6.46. The number of carbonyl (C=O) groups is 5. The van der Waals surface area contributed by atoms with Gasteiger partial charge in [-0.1, -0.05) is 23.7 Å². The summed E-state index contributed by atoms with van der Waals surface area (Å²) in [7, 11) is 6.65. The number of hydrogen-bond acceptors (Lipinski definition) is 7. The van der Waals surface area contributed by atoms with E-state index in [4.69, 9.17) is 11.6 Å². The number of nitrogens with one attached hydrogen (secondary N) is 2. The van der Waals surface area contributed by atoms with Crippen molar-refractivity contribution in [3.05, 3.63) is 34.6 Å². The number of amides is 4. The van der Waals surface area contributed by atoms with Gasteiger partial charge >= 0.3 is 11.8 Å². The van der Waals surface area contributed by atoms with Gasteiger partial charge in [-0.15, -0.1) is 0 Å². The Kier molecular flexibility index (Phi) is 7.32. The van der Waals surface area contributed by atoms with Crippen LogP contribution in [0.2, 0.25) is 5.02 Å². The number of likely N-dealkylation sites (N-methyl/N-ethyl adjacent to an activating group) is 2. The minimum Gasteiger partial charge on any atom is -0.350 e. The van der Waals surface area contributed by atoms with Gasteiger partial charge in [0.05, 0.1) is 10.6 Å². The van der Waals surface area contributed by atoms with Gasteiger partial charge in [-0.2, -0.15) is 0 Å². The third-order valence-electron chi connectivity index (χ3n) is 7.76. The van der Waals surface area contributed by atoms with E-state index in [9.17, 15) is 28.4 Å². The van der Waals surface area contributed by atoms with Crippen molar-refractivity contribution in [1.29, 1.82) is 0 Å². The number of nitrogens with zero attached hydrogens (tertiary/aromatic N) is 4. The summed E-state index contributed by atoms with van der Waals surface area (Å²) in [6.45, 7) is -0.133. The lowest BCUT2D eigenvalue weighted by molar-refractivity contribution is -0.146. The smallest absolute Gasteiger partial charge is 0.311 e. The van der Waals surface area contributed by atoms with Crippen molar-refractivity contribution >= 4 is 46.8 Å². The van der Waals surface area contributed by atoms with E-state index < -0.39 is 52.3 Å². The van der Waals surface area contributed by atoms with Crippen LogP contribution in [-0.2, 0) is 30.5 Å². The van der Waals surface area contributed by atoms with E-state index in [0.717, 1.165) is 4.90 Å². The normalized spacial score (nSPS) is 26.4. The summed E-state index contributed by atoms with van der Waals surface area (Å²) in [4.78, 5) is 73.6. The molecule has 2 saturated heterocycles. The van der Waals surface area contributed by atoms with Crippen LogP contribution in [0, 0.1) is 5.82 Å². The van der Waals surface area contributed by atoms with Gasteiger partial charge in [0.15, 0.2) is 6.04 Å². The zero-order valence-electron chi connectivity index (χ0n) is 21.6. The van der Waals surface area contributed by atoms with Crippen molar-refractivity contribution in [2.75, 3.05) is 34.7 Å². The first-order valence-electron chi connectivity index (χ1n) is 12.2. The first kappa shape index (κ1) is 27.6. The molecule has 13 heteroatoms. The number of halogens is 2. The number of aliphatic imine (C=N–C) groups is 1. The first-order valence-corrected chi connectivity index (χ1v) is 12.6. The van der Waals surface area contributed by atoms with Gasteiger partial charge in [-0.25, -0.2) is 9.38 Å². The zero-order chi connectivity index (χ0) is 28.0. The zero-order valence-corrected chi connectivity index (χ0v) is 22.4. The topological polar surface area (TPSA) is 131 Å². The quantitative estimate of drug-likeness (QED) is 0.396. The molecule has 1 unspecified atom stereocenters. The third kappa shape index (κ3) is 4.66. The molecule has 3 aliphatic heterocycles. The summed E-state index contributed by atoms with van der Waals surface area (Å²) in [5.74, 6) is -5.12. The molecule has 4 amide bonds. The Morgan fingerprint density at radius 2 is 1.79 bits per heavy atom. The van der Waals surface area contributed by atoms with Crippen LogP contribution in [0.3, 0.4) is 0 Å². The lowest BCUT2D eigenvalue weighted by atomic mass is 9.72. The predicted molar refractivity (Wildman–Crippen MR) is 136 cm³/mol. The molecule has 3 fully saturated rings. The Hall–Kier alpha value is -3.38. The number of carbonyl (C=O) groups excluding carboxylic acids is 5. The molecule has 204 valence electrons. The lowest BCUT2D eigenvalue weighted by Crippen LogP contribution is -2.65. The average molecular weight is 549 g/mol. The monoisotopic (exact) mass is 548 g/mol. The van der Waals surface area contributed by atoms with E-state index in [0.29, 0.717) is 25.7 Å². The van der Waals surface area contributed by atoms with Crippen molar-refractivity contribution < 1.29 is 28.4 Å². The minimum absolute atomic E-state index is 0.0808. The molecular formula is C25H30ClFN6O5. The fourth-order valence-corrected chi connectivity index (χ4v) is 5.52. The SMILES string of the molecule is CN(C)C(=O)C(=O)NC12CCC(N(C)C)(CC1)CN1C(=O)C(=O)C(C(=O)NCc3cccc(Cl)c3F)N=C12. The van der Waals surface area contributed by atoms with E-state index >= 15 is 0 Å². The Morgan fingerprint density at radius 1 is 1.13 bits per heavy atom. The summed E-state index contributed by atoms with van der Waals surface area (Å²) >= 11 is 5.80. The molecule has 11 nitrogen and oxygen atoms in total. The van der Waals surface area contributed by atoms with Gasteiger partial charge in [-0.05, 0) is 45.8 Å². The molecule has 1 saturated carbocycles. The molecule has 1 aromatic rings. The molecule has 38 heavy (non-hydrogen) atoms. The predicted octanol–water partition coefficient (Wildman–Crippen LogP) is 0.105. The average Bonchev–Trinajstić information content (AvgIpc) is 3.10. The van der Waals surface area contributed by atoms with Crippen molar-refractivity contribution in [1.82, 2.24) is 25.3 Å². The van der Waals surface area contributed by atoms with Crippen LogP contribution in [0.4, 0.5) is 4.39 Å². The molecule has 4 aliphatic rings. The van der Waals surface area contributed by atoms with Gasteiger partial charge in [-0.3, -0.25) is 28.9 Å². The van der Waals surface area contributed by atoms with E-state index in [1.807, 2.05) is 19.0 Å². The van der Waals surface area contributed by atoms with E-state index in [1.54, 1.807) is 0 Å². The second kappa shape index (κ2) is 10.1. The molecular weight excluding hydrogens is 519 g/mol. The second-order valence-electron chi connectivity index (χ2n) is 10.4. The van der Waals surface area contributed by atoms with Crippen LogP contribution >= 0.6 is 11.6 Å². The maximum Gasteiger partial charge on any atom is 0.311 e. The minimum atomic E-state index is -1.72. The summed E-state index contributed by atoms with van der Waals surface area (Å²) in [6.07, 6.45) is 1.80. The summed E-state index contributed by atoms with van der Waals surface area (Å²) < 4.78 is 14.3. The molecule has 1 aromatic carbocycles. The van der Waals surface area contributed by atoms with Gasteiger partial charge in [0.2, 0.25) is 0 Å². The Bertz CT molecular complexity index is 1240. The van der Waals surface area contributed by atoms with Crippen molar-refractivity contribution in [2.45, 2.75) is 49.3 Å². The number of fused-ring (bicyclic) bond motifs is 2. The summed E-state index contributed by atoms with van der Waals surface area (Å²) in [5, 5.41) is 5.12. The Labute approximate surface area is 224 Å². The van der Waals surface area contributed by atoms with Crippen LogP contribution in [0.25, 0.3) is 0 Å². The molecule has 1 atom stereocenters. The van der Waals surface area contributed by atoms with Crippen molar-refractivity contribution in [3.8, 4) is 0 Å². The van der Waals surface area contributed by atoms with Gasteiger partial charge in [0.25, 0.3) is 17.6 Å². The first-order chi connectivity index (χ1) is 17.8. The van der Waals surface area contributed by atoms with Crippen LogP contribution in [0.15, 0.2) is 23.2 Å². The number of ketones is 1. The van der Waals surface area contributed by atoms with E-state index in [-0.39, 0.29) is 29.5 Å². The van der Waals surface area contributed by atoms with Gasteiger partial charge in [0.1, 0.15) is 11.7 Å². The van der Waals surface area contributed by atoms with Crippen molar-refractivity contribution in [3.63, 3.8) is 0 Å². The molecule has 3 heterocycles. The molecule has 0 aromatic heterocycles. The largest absolute Gasteiger partial charge is 0.350 e. The van der Waals surface area contributed by atoms with Gasteiger partial charge < -0.3 is 20.4 Å². The van der Waals surface area contributed by atoms with Crippen LogP contribution in [0.5, 0.6) is 0 Å². The number of hydrogen-bond donors (Lipinski definition) is 2. The van der Waals surface area contributed by atoms with Gasteiger partial charge in [0, 0.05) is 38.3 Å². The highest BCUT2D eigenvalue weighted by Crippen LogP contribution is 2.44. The third-order valence-corrected chi connectivity index (χ3v) is 8.05. The standard InChI is InChI=1S/C25H30ClFN6O5/c1-31(2)22(38)20(36)30-25-10-8-24(9-11-25,32(3)4)13-33-21(37)18(34)17(29-23(25)33)19(35)28-12-14-6-5-7-15(26)16(14)27/h5-7,17H,8-13H2,1-4H3,(H,28,35)(H,30,36). The highest BCUT2D eigenvalue weighted by Gasteiger charge is 2.58. The van der Waals surface area contributed by atoms with Crippen LogP contribution in [0.1, 0.15) is 31.2 Å². The lowest BCUT2D eigenvalue weighted by Gasteiger charge is -2.45. The fourth-order valence-electron chi connectivity index (χ4n) is 5.33. The molecule has 1 aliphatic carbocycles. The maximum atomic E-state index is 14.3. The van der Waals surface area contributed by atoms with Crippen LogP contribution < -0.4 is 10.6 Å². The van der Waals surface area contributed by atoms with E-state index in [1.165, 1.54) is 37.2 Å². The number of amidine groups is 1. The van der Waals surface area contributed by atoms with Crippen molar-refractivity contribution in [2.24, 2.45) is 4.99 Å². The molecule has 2 N–H and O–H groups in total. The highest BCUT2D eigenvalue weighted by atomic mass is 35.5. The number of benzene rings is 1. The molecule has 0 spiro atoms. The van der Waals surface area contributed by atoms with E-state index in [2.05, 4.69) is 15.6 Å². The van der Waals surface area contributed by atoms with Crippen LogP contribution in [-0.4, -0.2) is 102 Å². The number of rotatable bonds is 5. The fraction of sp³-hybridized carbons (Fsp3) is 0.520. The Balaban J connectivity index is 1.70. The molecule has 0 radical (unpaired) electrons. The molecule has 2 bridgehead atoms. The second-order valence-corrected chi connectivity index (χ2v) is 10.8. The Morgan fingerprint density at radius 3 is 2.39 bits per heavy atom. The maximum absolute atomic E-state index is 14.3.